The van der Waals surface area contributed by atoms with Gasteiger partial charge in [0.2, 0.25) is 0 Å². The van der Waals surface area contributed by atoms with Crippen molar-refractivity contribution < 1.29 is 19.4 Å². The molecule has 7 heteroatoms. The Morgan fingerprint density at radius 1 is 1.09 bits per heavy atom. The zero-order valence-corrected chi connectivity index (χ0v) is 12.4. The van der Waals surface area contributed by atoms with E-state index in [4.69, 9.17) is 27.0 Å². The van der Waals surface area contributed by atoms with Crippen molar-refractivity contribution in [2.75, 3.05) is 6.54 Å². The SMILES string of the molecule is NCCCC[C@H](N)C(=O)Oc1ccc(C[C@@H](N)C(=O)O)cc1. The maximum absolute atomic E-state index is 11.8. The van der Waals surface area contributed by atoms with Crippen LogP contribution in [0.3, 0.4) is 0 Å². The monoisotopic (exact) mass is 309 g/mol. The van der Waals surface area contributed by atoms with Crippen LogP contribution in [-0.4, -0.2) is 35.7 Å². The highest BCUT2D eigenvalue weighted by Crippen LogP contribution is 2.14. The van der Waals surface area contributed by atoms with Gasteiger partial charge in [-0.05, 0) is 43.5 Å². The van der Waals surface area contributed by atoms with Gasteiger partial charge in [0, 0.05) is 0 Å². The maximum atomic E-state index is 11.8. The number of benzene rings is 1. The molecule has 2 atom stereocenters. The molecule has 7 nitrogen and oxygen atoms in total. The Kier molecular flexibility index (Phi) is 7.51. The first-order chi connectivity index (χ1) is 10.4. The number of hydrogen-bond donors (Lipinski definition) is 4. The molecule has 1 aromatic rings. The Hall–Kier alpha value is -1.96. The summed E-state index contributed by atoms with van der Waals surface area (Å²) < 4.78 is 5.17. The molecule has 0 saturated carbocycles. The maximum Gasteiger partial charge on any atom is 0.328 e. The average molecular weight is 309 g/mol. The van der Waals surface area contributed by atoms with Crippen LogP contribution in [0.4, 0.5) is 0 Å². The van der Waals surface area contributed by atoms with E-state index in [-0.39, 0.29) is 6.42 Å². The molecule has 0 amide bonds. The van der Waals surface area contributed by atoms with Crippen LogP contribution in [0.5, 0.6) is 5.75 Å². The summed E-state index contributed by atoms with van der Waals surface area (Å²) >= 11 is 0. The lowest BCUT2D eigenvalue weighted by atomic mass is 10.1. The average Bonchev–Trinajstić information content (AvgIpc) is 2.49. The van der Waals surface area contributed by atoms with Crippen molar-refractivity contribution in [1.29, 1.82) is 0 Å². The number of carbonyl (C=O) groups excluding carboxylic acids is 1. The number of carboxylic acid groups (broad SMARTS) is 1. The topological polar surface area (TPSA) is 142 Å². The van der Waals surface area contributed by atoms with Crippen LogP contribution in [0.15, 0.2) is 24.3 Å². The summed E-state index contributed by atoms with van der Waals surface area (Å²) in [6, 6.07) is 4.90. The smallest absolute Gasteiger partial charge is 0.328 e. The summed E-state index contributed by atoms with van der Waals surface area (Å²) in [6.45, 7) is 0.571. The minimum absolute atomic E-state index is 0.210. The van der Waals surface area contributed by atoms with E-state index < -0.39 is 24.0 Å². The van der Waals surface area contributed by atoms with Gasteiger partial charge in [0.05, 0.1) is 0 Å². The Morgan fingerprint density at radius 2 is 1.73 bits per heavy atom. The molecule has 0 aromatic heterocycles. The highest BCUT2D eigenvalue weighted by atomic mass is 16.5. The molecule has 0 fully saturated rings. The van der Waals surface area contributed by atoms with Crippen molar-refractivity contribution in [2.24, 2.45) is 17.2 Å². The molecule has 0 unspecified atom stereocenters. The van der Waals surface area contributed by atoms with Gasteiger partial charge in [-0.25, -0.2) is 4.79 Å². The first kappa shape index (κ1) is 18.1. The van der Waals surface area contributed by atoms with Crippen molar-refractivity contribution >= 4 is 11.9 Å². The molecule has 0 saturated heterocycles. The van der Waals surface area contributed by atoms with Crippen LogP contribution in [0.2, 0.25) is 0 Å². The normalized spacial score (nSPS) is 13.4. The largest absolute Gasteiger partial charge is 0.480 e. The van der Waals surface area contributed by atoms with Gasteiger partial charge < -0.3 is 27.0 Å². The molecule has 0 aliphatic rings. The molecule has 22 heavy (non-hydrogen) atoms. The molecule has 122 valence electrons. The second-order valence-electron chi connectivity index (χ2n) is 5.10. The Morgan fingerprint density at radius 3 is 2.27 bits per heavy atom. The minimum atomic E-state index is -1.06. The molecule has 0 spiro atoms. The summed E-state index contributed by atoms with van der Waals surface area (Å²) in [4.78, 5) is 22.5. The summed E-state index contributed by atoms with van der Waals surface area (Å²) in [6.07, 6.45) is 2.34. The predicted molar refractivity (Wildman–Crippen MR) is 82.3 cm³/mol. The molecular formula is C15H23N3O4. The summed E-state index contributed by atoms with van der Waals surface area (Å²) in [7, 11) is 0. The predicted octanol–water partition coefficient (Wildman–Crippen LogP) is 0.00270. The Labute approximate surface area is 129 Å². The summed E-state index contributed by atoms with van der Waals surface area (Å²) in [5, 5.41) is 8.75. The molecule has 0 radical (unpaired) electrons. The third kappa shape index (κ3) is 6.21. The van der Waals surface area contributed by atoms with E-state index >= 15 is 0 Å². The van der Waals surface area contributed by atoms with Crippen LogP contribution in [0.25, 0.3) is 0 Å². The third-order valence-electron chi connectivity index (χ3n) is 3.19. The number of unbranched alkanes of at least 4 members (excludes halogenated alkanes) is 1. The molecule has 0 heterocycles. The molecule has 1 rings (SSSR count). The quantitative estimate of drug-likeness (QED) is 0.286. The fraction of sp³-hybridized carbons (Fsp3) is 0.467. The number of carbonyl (C=O) groups is 2. The lowest BCUT2D eigenvalue weighted by molar-refractivity contribution is -0.138. The molecule has 1 aromatic carbocycles. The van der Waals surface area contributed by atoms with Gasteiger partial charge in [-0.15, -0.1) is 0 Å². The first-order valence-corrected chi connectivity index (χ1v) is 7.18. The zero-order valence-electron chi connectivity index (χ0n) is 12.4. The van der Waals surface area contributed by atoms with E-state index in [2.05, 4.69) is 0 Å². The Balaban J connectivity index is 2.49. The van der Waals surface area contributed by atoms with Crippen molar-refractivity contribution in [1.82, 2.24) is 0 Å². The molecular weight excluding hydrogens is 286 g/mol. The molecule has 0 bridgehead atoms. The number of esters is 1. The molecule has 7 N–H and O–H groups in total. The van der Waals surface area contributed by atoms with Crippen LogP contribution < -0.4 is 21.9 Å². The van der Waals surface area contributed by atoms with Crippen LogP contribution in [0.1, 0.15) is 24.8 Å². The lowest BCUT2D eigenvalue weighted by Crippen LogP contribution is -2.34. The second-order valence-corrected chi connectivity index (χ2v) is 5.10. The molecule has 0 aliphatic heterocycles. The number of rotatable bonds is 9. The van der Waals surface area contributed by atoms with Gasteiger partial charge in [-0.3, -0.25) is 4.79 Å². The lowest BCUT2D eigenvalue weighted by Gasteiger charge is -2.11. The van der Waals surface area contributed by atoms with E-state index in [1.807, 2.05) is 0 Å². The van der Waals surface area contributed by atoms with Gasteiger partial charge in [-0.1, -0.05) is 18.6 Å². The number of ether oxygens (including phenoxy) is 1. The minimum Gasteiger partial charge on any atom is -0.480 e. The zero-order chi connectivity index (χ0) is 16.5. The van der Waals surface area contributed by atoms with Crippen molar-refractivity contribution in [3.05, 3.63) is 29.8 Å². The third-order valence-corrected chi connectivity index (χ3v) is 3.19. The van der Waals surface area contributed by atoms with Crippen molar-refractivity contribution in [2.45, 2.75) is 37.8 Å². The van der Waals surface area contributed by atoms with E-state index in [1.54, 1.807) is 24.3 Å². The van der Waals surface area contributed by atoms with E-state index in [9.17, 15) is 9.59 Å². The highest BCUT2D eigenvalue weighted by Gasteiger charge is 2.16. The van der Waals surface area contributed by atoms with Crippen LogP contribution >= 0.6 is 0 Å². The number of hydrogen-bond acceptors (Lipinski definition) is 6. The second kappa shape index (κ2) is 9.14. The standard InChI is InChI=1S/C15H23N3O4/c16-8-2-1-3-12(17)15(21)22-11-6-4-10(5-7-11)9-13(18)14(19)20/h4-7,12-13H,1-3,8-9,16-18H2,(H,19,20)/t12-,13+/m0/s1. The number of carboxylic acids is 1. The van der Waals surface area contributed by atoms with E-state index in [1.165, 1.54) is 0 Å². The molecule has 0 aliphatic carbocycles. The first-order valence-electron chi connectivity index (χ1n) is 7.18. The van der Waals surface area contributed by atoms with Crippen molar-refractivity contribution in [3.63, 3.8) is 0 Å². The van der Waals surface area contributed by atoms with Crippen LogP contribution in [-0.2, 0) is 16.0 Å². The van der Waals surface area contributed by atoms with Gasteiger partial charge in [0.15, 0.2) is 0 Å². The van der Waals surface area contributed by atoms with E-state index in [0.29, 0.717) is 18.7 Å². The van der Waals surface area contributed by atoms with Crippen LogP contribution in [0, 0.1) is 0 Å². The number of nitrogens with two attached hydrogens (primary N) is 3. The summed E-state index contributed by atoms with van der Waals surface area (Å²) in [5.41, 5.74) is 17.3. The fourth-order valence-corrected chi connectivity index (χ4v) is 1.85. The van der Waals surface area contributed by atoms with Crippen molar-refractivity contribution in [3.8, 4) is 5.75 Å². The summed E-state index contributed by atoms with van der Waals surface area (Å²) in [5.74, 6) is -1.18. The fourth-order valence-electron chi connectivity index (χ4n) is 1.85. The Bertz CT molecular complexity index is 490. The van der Waals surface area contributed by atoms with Gasteiger partial charge >= 0.3 is 11.9 Å². The number of aliphatic carboxylic acids is 1. The van der Waals surface area contributed by atoms with Gasteiger partial charge in [0.1, 0.15) is 17.8 Å². The van der Waals surface area contributed by atoms with Gasteiger partial charge in [0.25, 0.3) is 0 Å². The highest BCUT2D eigenvalue weighted by molar-refractivity contribution is 5.78. The van der Waals surface area contributed by atoms with E-state index in [0.717, 1.165) is 18.4 Å². The van der Waals surface area contributed by atoms with Gasteiger partial charge in [-0.2, -0.15) is 0 Å².